The second kappa shape index (κ2) is 8.16. The summed E-state index contributed by atoms with van der Waals surface area (Å²) in [7, 11) is 3.40. The van der Waals surface area contributed by atoms with E-state index in [1.54, 1.807) is 31.0 Å². The largest absolute Gasteiger partial charge is 0.349 e. The molecule has 0 saturated heterocycles. The Labute approximate surface area is 161 Å². The number of nitrogens with one attached hydrogen (secondary N) is 1. The van der Waals surface area contributed by atoms with Crippen LogP contribution in [-0.4, -0.2) is 39.7 Å². The smallest absolute Gasteiger partial charge is 0.223 e. The van der Waals surface area contributed by atoms with Crippen molar-refractivity contribution in [2.24, 2.45) is 0 Å². The molecule has 2 heterocycles. The molecule has 0 bridgehead atoms. The van der Waals surface area contributed by atoms with Crippen molar-refractivity contribution in [1.82, 2.24) is 19.7 Å². The fourth-order valence-electron chi connectivity index (χ4n) is 2.68. The Morgan fingerprint density at radius 2 is 1.93 bits per heavy atom. The molecule has 3 aromatic rings. The highest BCUT2D eigenvalue weighted by Crippen LogP contribution is 2.25. The second-order valence-corrected chi connectivity index (χ2v) is 6.65. The van der Waals surface area contributed by atoms with Gasteiger partial charge in [-0.1, -0.05) is 0 Å². The minimum atomic E-state index is -0.943. The summed E-state index contributed by atoms with van der Waals surface area (Å²) in [6.45, 7) is 2.32. The zero-order valence-corrected chi connectivity index (χ0v) is 15.9. The van der Waals surface area contributed by atoms with Gasteiger partial charge in [0.2, 0.25) is 5.91 Å². The second-order valence-electron chi connectivity index (χ2n) is 6.65. The highest BCUT2D eigenvalue weighted by molar-refractivity contribution is 5.75. The number of rotatable bonds is 6. The van der Waals surface area contributed by atoms with E-state index in [-0.39, 0.29) is 12.3 Å². The van der Waals surface area contributed by atoms with Crippen LogP contribution in [0.25, 0.3) is 11.4 Å². The molecule has 0 aliphatic carbocycles. The molecule has 1 N–H and O–H groups in total. The summed E-state index contributed by atoms with van der Waals surface area (Å²) in [4.78, 5) is 17.9. The van der Waals surface area contributed by atoms with Crippen molar-refractivity contribution in [3.8, 4) is 11.4 Å². The van der Waals surface area contributed by atoms with E-state index in [0.29, 0.717) is 23.7 Å². The molecule has 28 heavy (non-hydrogen) atoms. The normalized spacial score (nSPS) is 10.8. The Balaban J connectivity index is 1.92. The summed E-state index contributed by atoms with van der Waals surface area (Å²) in [5.41, 5.74) is 2.84. The molecule has 0 spiro atoms. The Hall–Kier alpha value is -3.29. The van der Waals surface area contributed by atoms with Crippen molar-refractivity contribution in [3.05, 3.63) is 59.8 Å². The van der Waals surface area contributed by atoms with E-state index in [1.807, 2.05) is 19.1 Å². The summed E-state index contributed by atoms with van der Waals surface area (Å²) in [6, 6.07) is 9.12. The maximum Gasteiger partial charge on any atom is 0.223 e. The number of anilines is 2. The number of amides is 1. The summed E-state index contributed by atoms with van der Waals surface area (Å²) in [5, 5.41) is 7.44. The molecule has 0 aliphatic rings. The van der Waals surface area contributed by atoms with Crippen LogP contribution in [-0.2, 0) is 11.3 Å². The molecule has 0 saturated carbocycles. The maximum atomic E-state index is 13.5. The number of pyridine rings is 1. The van der Waals surface area contributed by atoms with Crippen LogP contribution in [0.3, 0.4) is 0 Å². The van der Waals surface area contributed by atoms with Crippen molar-refractivity contribution in [2.75, 3.05) is 19.4 Å². The molecule has 0 radical (unpaired) electrons. The fourth-order valence-corrected chi connectivity index (χ4v) is 2.68. The highest BCUT2D eigenvalue weighted by Gasteiger charge is 2.14. The fraction of sp³-hybridized carbons (Fsp3) is 0.250. The molecule has 6 nitrogen and oxygen atoms in total. The first-order valence-corrected chi connectivity index (χ1v) is 8.76. The van der Waals surface area contributed by atoms with Gasteiger partial charge in [-0.3, -0.25) is 14.5 Å². The predicted molar refractivity (Wildman–Crippen MR) is 103 cm³/mol. The number of nitrogens with zero attached hydrogens (tertiary/aromatic N) is 4. The van der Waals surface area contributed by atoms with E-state index in [1.165, 1.54) is 11.0 Å². The lowest BCUT2D eigenvalue weighted by Crippen LogP contribution is -2.23. The van der Waals surface area contributed by atoms with Gasteiger partial charge in [0.1, 0.15) is 0 Å². The number of halogens is 2. The highest BCUT2D eigenvalue weighted by atomic mass is 19.2. The van der Waals surface area contributed by atoms with Gasteiger partial charge in [-0.2, -0.15) is 5.10 Å². The van der Waals surface area contributed by atoms with Crippen molar-refractivity contribution in [1.29, 1.82) is 0 Å². The SMILES string of the molecule is Cc1ccnc(-c2cc(Nc3ccc(F)c(F)c3)nn2CCC(=O)N(C)C)c1. The van der Waals surface area contributed by atoms with Crippen LogP contribution in [0, 0.1) is 18.6 Å². The minimum Gasteiger partial charge on any atom is -0.349 e. The average molecular weight is 385 g/mol. The van der Waals surface area contributed by atoms with E-state index in [0.717, 1.165) is 23.4 Å². The Morgan fingerprint density at radius 3 is 2.61 bits per heavy atom. The molecule has 0 fully saturated rings. The van der Waals surface area contributed by atoms with Crippen LogP contribution in [0.1, 0.15) is 12.0 Å². The number of carbonyl (C=O) groups excluding carboxylic acids is 1. The van der Waals surface area contributed by atoms with Gasteiger partial charge in [-0.25, -0.2) is 8.78 Å². The predicted octanol–water partition coefficient (Wildman–Crippen LogP) is 3.75. The van der Waals surface area contributed by atoms with Gasteiger partial charge in [0.15, 0.2) is 17.5 Å². The number of hydrogen-bond donors (Lipinski definition) is 1. The number of aromatic nitrogens is 3. The molecule has 8 heteroatoms. The standard InChI is InChI=1S/C20H21F2N5O/c1-13-6-8-23-17(10-13)18-12-19(24-14-4-5-15(21)16(22)11-14)25-27(18)9-7-20(28)26(2)3/h4-6,8,10-12H,7,9H2,1-3H3,(H,24,25). The summed E-state index contributed by atoms with van der Waals surface area (Å²) in [5.74, 6) is -1.43. The topological polar surface area (TPSA) is 63.1 Å². The van der Waals surface area contributed by atoms with Gasteiger partial charge in [0, 0.05) is 44.5 Å². The summed E-state index contributed by atoms with van der Waals surface area (Å²) < 4.78 is 28.3. The number of hydrogen-bond acceptors (Lipinski definition) is 4. The first-order valence-electron chi connectivity index (χ1n) is 8.76. The molecular formula is C20H21F2N5O. The van der Waals surface area contributed by atoms with E-state index >= 15 is 0 Å². The van der Waals surface area contributed by atoms with Crippen LogP contribution in [0.5, 0.6) is 0 Å². The molecule has 0 aliphatic heterocycles. The summed E-state index contributed by atoms with van der Waals surface area (Å²) in [6.07, 6.45) is 1.98. The van der Waals surface area contributed by atoms with Crippen LogP contribution in [0.15, 0.2) is 42.6 Å². The molecule has 0 unspecified atom stereocenters. The molecule has 146 valence electrons. The molecule has 3 rings (SSSR count). The Morgan fingerprint density at radius 1 is 1.14 bits per heavy atom. The molecule has 2 aromatic heterocycles. The van der Waals surface area contributed by atoms with Crippen molar-refractivity contribution >= 4 is 17.4 Å². The van der Waals surface area contributed by atoms with Crippen LogP contribution in [0.2, 0.25) is 0 Å². The van der Waals surface area contributed by atoms with Crippen LogP contribution >= 0.6 is 0 Å². The zero-order chi connectivity index (χ0) is 20.3. The number of benzene rings is 1. The van der Waals surface area contributed by atoms with Crippen LogP contribution in [0.4, 0.5) is 20.3 Å². The van der Waals surface area contributed by atoms with E-state index in [9.17, 15) is 13.6 Å². The van der Waals surface area contributed by atoms with Gasteiger partial charge >= 0.3 is 0 Å². The minimum absolute atomic E-state index is 0.0197. The van der Waals surface area contributed by atoms with Gasteiger partial charge < -0.3 is 10.2 Å². The first kappa shape index (κ1) is 19.5. The van der Waals surface area contributed by atoms with E-state index < -0.39 is 11.6 Å². The number of aryl methyl sites for hydroxylation is 2. The maximum absolute atomic E-state index is 13.5. The lowest BCUT2D eigenvalue weighted by atomic mass is 10.2. The van der Waals surface area contributed by atoms with Gasteiger partial charge in [-0.05, 0) is 36.8 Å². The third-order valence-corrected chi connectivity index (χ3v) is 4.19. The molecule has 0 atom stereocenters. The summed E-state index contributed by atoms with van der Waals surface area (Å²) >= 11 is 0. The third-order valence-electron chi connectivity index (χ3n) is 4.19. The number of carbonyl (C=O) groups is 1. The quantitative estimate of drug-likeness (QED) is 0.702. The van der Waals surface area contributed by atoms with E-state index in [4.69, 9.17) is 0 Å². The third kappa shape index (κ3) is 4.51. The van der Waals surface area contributed by atoms with Crippen molar-refractivity contribution in [2.45, 2.75) is 19.9 Å². The van der Waals surface area contributed by atoms with E-state index in [2.05, 4.69) is 15.4 Å². The molecular weight excluding hydrogens is 364 g/mol. The van der Waals surface area contributed by atoms with Crippen molar-refractivity contribution in [3.63, 3.8) is 0 Å². The molecule has 1 aromatic carbocycles. The Bertz CT molecular complexity index is 1000. The van der Waals surface area contributed by atoms with Crippen LogP contribution < -0.4 is 5.32 Å². The zero-order valence-electron chi connectivity index (χ0n) is 15.9. The first-order chi connectivity index (χ1) is 13.3. The van der Waals surface area contributed by atoms with Gasteiger partial charge in [0.05, 0.1) is 17.9 Å². The van der Waals surface area contributed by atoms with Crippen molar-refractivity contribution < 1.29 is 13.6 Å². The lowest BCUT2D eigenvalue weighted by molar-refractivity contribution is -0.128. The monoisotopic (exact) mass is 385 g/mol. The average Bonchev–Trinajstić information content (AvgIpc) is 3.05. The lowest BCUT2D eigenvalue weighted by Gasteiger charge is -2.11. The molecule has 1 amide bonds. The Kier molecular flexibility index (Phi) is 5.67. The van der Waals surface area contributed by atoms with Gasteiger partial charge in [-0.15, -0.1) is 0 Å². The van der Waals surface area contributed by atoms with Gasteiger partial charge in [0.25, 0.3) is 0 Å².